The van der Waals surface area contributed by atoms with Gasteiger partial charge >= 0.3 is 0 Å². The summed E-state index contributed by atoms with van der Waals surface area (Å²) in [5.41, 5.74) is 1.45. The number of benzene rings is 1. The normalized spacial score (nSPS) is 16.6. The summed E-state index contributed by atoms with van der Waals surface area (Å²) in [5, 5.41) is 9.35. The highest BCUT2D eigenvalue weighted by atomic mass is 35.5. The smallest absolute Gasteiger partial charge is 0.152 e. The Morgan fingerprint density at radius 2 is 2.16 bits per heavy atom. The molecule has 1 fully saturated rings. The van der Waals surface area contributed by atoms with Crippen LogP contribution in [-0.4, -0.2) is 43.8 Å². The highest BCUT2D eigenvalue weighted by Gasteiger charge is 2.22. The topological polar surface area (TPSA) is 49.8 Å². The second-order valence-electron chi connectivity index (χ2n) is 4.58. The lowest BCUT2D eigenvalue weighted by atomic mass is 10.1. The molecule has 104 valence electrons. The molecule has 2 rings (SSSR count). The van der Waals surface area contributed by atoms with Crippen molar-refractivity contribution in [2.45, 2.75) is 18.9 Å². The number of halogens is 1. The molecule has 1 saturated heterocycles. The van der Waals surface area contributed by atoms with Crippen molar-refractivity contribution in [3.63, 3.8) is 0 Å². The van der Waals surface area contributed by atoms with Gasteiger partial charge < -0.3 is 14.7 Å². The summed E-state index contributed by atoms with van der Waals surface area (Å²) >= 11 is 6.20. The van der Waals surface area contributed by atoms with Crippen LogP contribution in [0.1, 0.15) is 23.2 Å². The molecule has 1 aliphatic heterocycles. The molecule has 0 aliphatic carbocycles. The Morgan fingerprint density at radius 3 is 2.79 bits per heavy atom. The second kappa shape index (κ2) is 6.89. The van der Waals surface area contributed by atoms with E-state index in [9.17, 15) is 4.79 Å². The summed E-state index contributed by atoms with van der Waals surface area (Å²) in [5.74, 6) is 0. The molecular weight excluding hydrogens is 266 g/mol. The van der Waals surface area contributed by atoms with Crippen molar-refractivity contribution < 1.29 is 14.6 Å². The van der Waals surface area contributed by atoms with Crippen LogP contribution in [-0.2, 0) is 4.74 Å². The molecule has 0 radical (unpaired) electrons. The molecule has 19 heavy (non-hydrogen) atoms. The zero-order chi connectivity index (χ0) is 13.7. The van der Waals surface area contributed by atoms with Crippen LogP contribution in [0.15, 0.2) is 18.2 Å². The molecule has 5 heteroatoms. The lowest BCUT2D eigenvalue weighted by Gasteiger charge is -2.34. The van der Waals surface area contributed by atoms with E-state index in [2.05, 4.69) is 4.90 Å². The summed E-state index contributed by atoms with van der Waals surface area (Å²) in [6.07, 6.45) is 2.79. The van der Waals surface area contributed by atoms with Crippen molar-refractivity contribution in [3.05, 3.63) is 28.8 Å². The van der Waals surface area contributed by atoms with Crippen LogP contribution in [0, 0.1) is 0 Å². The van der Waals surface area contributed by atoms with Gasteiger partial charge in [-0.3, -0.25) is 4.79 Å². The van der Waals surface area contributed by atoms with Crippen molar-refractivity contribution in [3.8, 4) is 0 Å². The molecule has 0 aromatic heterocycles. The Bertz CT molecular complexity index is 431. The van der Waals surface area contributed by atoms with Crippen LogP contribution in [0.2, 0.25) is 5.02 Å². The minimum absolute atomic E-state index is 0.0556. The first-order chi connectivity index (χ1) is 9.26. The number of rotatable bonds is 5. The predicted octanol–water partition coefficient (Wildman–Crippen LogP) is 2.13. The van der Waals surface area contributed by atoms with Gasteiger partial charge in [-0.1, -0.05) is 17.7 Å². The SMILES string of the molecule is O=Cc1cccc(Cl)c1N1CCC(OCCO)CC1. The summed E-state index contributed by atoms with van der Waals surface area (Å²) in [6.45, 7) is 2.05. The molecule has 1 aromatic rings. The third-order valence-corrected chi connectivity index (χ3v) is 3.65. The maximum Gasteiger partial charge on any atom is 0.152 e. The van der Waals surface area contributed by atoms with Crippen molar-refractivity contribution >= 4 is 23.6 Å². The monoisotopic (exact) mass is 283 g/mol. The largest absolute Gasteiger partial charge is 0.394 e. The Morgan fingerprint density at radius 1 is 1.42 bits per heavy atom. The number of ether oxygens (including phenoxy) is 1. The number of piperidine rings is 1. The van der Waals surface area contributed by atoms with E-state index in [1.165, 1.54) is 0 Å². The number of carbonyl (C=O) groups excluding carboxylic acids is 1. The van der Waals surface area contributed by atoms with Crippen LogP contribution in [0.25, 0.3) is 0 Å². The average molecular weight is 284 g/mol. The molecular formula is C14H18ClNO3. The van der Waals surface area contributed by atoms with Gasteiger partial charge in [0.2, 0.25) is 0 Å². The summed E-state index contributed by atoms with van der Waals surface area (Å²) in [7, 11) is 0. The van der Waals surface area contributed by atoms with E-state index in [1.807, 2.05) is 0 Å². The van der Waals surface area contributed by atoms with E-state index in [1.54, 1.807) is 18.2 Å². The number of aliphatic hydroxyl groups is 1. The predicted molar refractivity (Wildman–Crippen MR) is 75.1 cm³/mol. The van der Waals surface area contributed by atoms with Gasteiger partial charge in [-0.05, 0) is 25.0 Å². The molecule has 0 unspecified atom stereocenters. The molecule has 0 spiro atoms. The summed E-state index contributed by atoms with van der Waals surface area (Å²) < 4.78 is 5.52. The first kappa shape index (κ1) is 14.3. The highest BCUT2D eigenvalue weighted by molar-refractivity contribution is 6.33. The lowest BCUT2D eigenvalue weighted by molar-refractivity contribution is 0.0159. The molecule has 1 N–H and O–H groups in total. The first-order valence-electron chi connectivity index (χ1n) is 6.47. The van der Waals surface area contributed by atoms with E-state index in [-0.39, 0.29) is 12.7 Å². The standard InChI is InChI=1S/C14H18ClNO3/c15-13-3-1-2-11(10-18)14(13)16-6-4-12(5-7-16)19-9-8-17/h1-3,10,12,17H,4-9H2. The number of nitrogens with zero attached hydrogens (tertiary/aromatic N) is 1. The minimum Gasteiger partial charge on any atom is -0.394 e. The fourth-order valence-corrected chi connectivity index (χ4v) is 2.73. The Labute approximate surface area is 117 Å². The number of anilines is 1. The molecule has 1 aliphatic rings. The fourth-order valence-electron chi connectivity index (χ4n) is 2.43. The summed E-state index contributed by atoms with van der Waals surface area (Å²) in [6, 6.07) is 5.37. The van der Waals surface area contributed by atoms with Crippen LogP contribution in [0.3, 0.4) is 0 Å². The van der Waals surface area contributed by atoms with Gasteiger partial charge in [0.1, 0.15) is 0 Å². The third-order valence-electron chi connectivity index (χ3n) is 3.35. The van der Waals surface area contributed by atoms with E-state index in [4.69, 9.17) is 21.4 Å². The van der Waals surface area contributed by atoms with Crippen LogP contribution >= 0.6 is 11.6 Å². The summed E-state index contributed by atoms with van der Waals surface area (Å²) in [4.78, 5) is 13.2. The quantitative estimate of drug-likeness (QED) is 0.841. The van der Waals surface area contributed by atoms with Crippen molar-refractivity contribution in [1.82, 2.24) is 0 Å². The van der Waals surface area contributed by atoms with E-state index in [0.29, 0.717) is 17.2 Å². The van der Waals surface area contributed by atoms with Gasteiger partial charge in [-0.25, -0.2) is 0 Å². The molecule has 4 nitrogen and oxygen atoms in total. The molecule has 0 amide bonds. The van der Waals surface area contributed by atoms with Crippen molar-refractivity contribution in [1.29, 1.82) is 0 Å². The van der Waals surface area contributed by atoms with Gasteiger partial charge in [0.05, 0.1) is 30.0 Å². The molecule has 0 bridgehead atoms. The zero-order valence-corrected chi connectivity index (χ0v) is 11.5. The van der Waals surface area contributed by atoms with Crippen LogP contribution < -0.4 is 4.90 Å². The van der Waals surface area contributed by atoms with Gasteiger partial charge in [-0.15, -0.1) is 0 Å². The second-order valence-corrected chi connectivity index (χ2v) is 4.98. The molecule has 0 atom stereocenters. The van der Waals surface area contributed by atoms with E-state index >= 15 is 0 Å². The number of carbonyl (C=O) groups is 1. The number of hydrogen-bond donors (Lipinski definition) is 1. The number of aldehydes is 1. The van der Waals surface area contributed by atoms with Crippen molar-refractivity contribution in [2.24, 2.45) is 0 Å². The Kier molecular flexibility index (Phi) is 5.19. The fraction of sp³-hybridized carbons (Fsp3) is 0.500. The van der Waals surface area contributed by atoms with E-state index in [0.717, 1.165) is 37.9 Å². The minimum atomic E-state index is 0.0556. The van der Waals surface area contributed by atoms with Gasteiger partial charge in [0, 0.05) is 18.7 Å². The van der Waals surface area contributed by atoms with Gasteiger partial charge in [0.15, 0.2) is 6.29 Å². The maximum atomic E-state index is 11.1. The molecule has 0 saturated carbocycles. The Hall–Kier alpha value is -1.10. The molecule has 1 aromatic carbocycles. The first-order valence-corrected chi connectivity index (χ1v) is 6.85. The van der Waals surface area contributed by atoms with E-state index < -0.39 is 0 Å². The lowest BCUT2D eigenvalue weighted by Crippen LogP contribution is -2.38. The number of para-hydroxylation sites is 1. The van der Waals surface area contributed by atoms with Crippen molar-refractivity contribution in [2.75, 3.05) is 31.2 Å². The number of aliphatic hydroxyl groups excluding tert-OH is 1. The highest BCUT2D eigenvalue weighted by Crippen LogP contribution is 2.31. The van der Waals surface area contributed by atoms with Gasteiger partial charge in [0.25, 0.3) is 0 Å². The third kappa shape index (κ3) is 3.47. The van der Waals surface area contributed by atoms with Crippen LogP contribution in [0.4, 0.5) is 5.69 Å². The molecule has 1 heterocycles. The van der Waals surface area contributed by atoms with Gasteiger partial charge in [-0.2, -0.15) is 0 Å². The maximum absolute atomic E-state index is 11.1. The Balaban J connectivity index is 2.03. The average Bonchev–Trinajstić information content (AvgIpc) is 2.45. The zero-order valence-electron chi connectivity index (χ0n) is 10.7. The number of hydrogen-bond acceptors (Lipinski definition) is 4. The van der Waals surface area contributed by atoms with Crippen LogP contribution in [0.5, 0.6) is 0 Å².